The standard InChI is InChI=1S/C32H40N6O/c1-21(19-29-22(2)35-16-13-27(29)28-11-12-31(34-4)36-30(28)20-33)23(3)38-17-14-25(15-18-38)24-7-9-26(10-8-24)32(39)37(5)6/h7,9,11-13,16,19,23,25H,8,10,14-15,17-18H2,1-6H3,(H,34,36)/b21-19+. The molecular formula is C32H40N6O. The summed E-state index contributed by atoms with van der Waals surface area (Å²) in [5, 5.41) is 12.8. The first kappa shape index (κ1) is 28.3. The molecular weight excluding hydrogens is 484 g/mol. The summed E-state index contributed by atoms with van der Waals surface area (Å²) in [6.45, 7) is 8.59. The molecule has 1 fully saturated rings. The van der Waals surface area contributed by atoms with E-state index in [-0.39, 0.29) is 5.91 Å². The SMILES string of the molecule is CNc1ccc(-c2ccnc(C)c2/C=C(\C)C(C)N2CCC(C3=CC=C(C(=O)N(C)C)CC3)CC2)c(C#N)n1. The fourth-order valence-electron chi connectivity index (χ4n) is 5.65. The minimum absolute atomic E-state index is 0.123. The molecule has 2 aliphatic rings. The third-order valence-corrected chi connectivity index (χ3v) is 8.23. The van der Waals surface area contributed by atoms with Crippen LogP contribution in [0.2, 0.25) is 0 Å². The van der Waals surface area contributed by atoms with Crippen molar-refractivity contribution in [2.45, 2.75) is 52.5 Å². The van der Waals surface area contributed by atoms with Gasteiger partial charge < -0.3 is 10.2 Å². The number of piperidine rings is 1. The van der Waals surface area contributed by atoms with Gasteiger partial charge in [-0.25, -0.2) is 4.98 Å². The number of aromatic nitrogens is 2. The molecule has 39 heavy (non-hydrogen) atoms. The lowest BCUT2D eigenvalue weighted by molar-refractivity contribution is -0.124. The Kier molecular flexibility index (Phi) is 8.98. The second-order valence-corrected chi connectivity index (χ2v) is 10.8. The Labute approximate surface area is 232 Å². The molecule has 1 aliphatic heterocycles. The Morgan fingerprint density at radius 1 is 1.18 bits per heavy atom. The van der Waals surface area contributed by atoms with Gasteiger partial charge in [0.05, 0.1) is 0 Å². The summed E-state index contributed by atoms with van der Waals surface area (Å²) < 4.78 is 0. The van der Waals surface area contributed by atoms with Crippen LogP contribution in [0.15, 0.2) is 53.3 Å². The number of likely N-dealkylation sites (N-methyl/N-ethyl adjacent to an activating group) is 1. The summed E-state index contributed by atoms with van der Waals surface area (Å²) in [4.78, 5) is 25.5. The predicted octanol–water partition coefficient (Wildman–Crippen LogP) is 5.60. The minimum atomic E-state index is 0.123. The normalized spacial score (nSPS) is 17.6. The lowest BCUT2D eigenvalue weighted by Gasteiger charge is -2.38. The van der Waals surface area contributed by atoms with Crippen molar-refractivity contribution in [1.82, 2.24) is 19.8 Å². The molecule has 1 amide bonds. The molecule has 0 radical (unpaired) electrons. The number of hydrogen-bond donors (Lipinski definition) is 1. The quantitative estimate of drug-likeness (QED) is 0.507. The fraction of sp³-hybridized carbons (Fsp3) is 0.438. The van der Waals surface area contributed by atoms with E-state index in [1.54, 1.807) is 18.1 Å². The number of pyridine rings is 2. The highest BCUT2D eigenvalue weighted by molar-refractivity contribution is 5.93. The zero-order valence-electron chi connectivity index (χ0n) is 24.1. The first-order valence-electron chi connectivity index (χ1n) is 13.8. The number of allylic oxidation sites excluding steroid dienone is 3. The molecule has 4 rings (SSSR count). The third kappa shape index (κ3) is 6.29. The Bertz CT molecular complexity index is 1360. The summed E-state index contributed by atoms with van der Waals surface area (Å²) in [7, 11) is 5.43. The summed E-state index contributed by atoms with van der Waals surface area (Å²) in [5.74, 6) is 1.39. The van der Waals surface area contributed by atoms with Gasteiger partial charge in [-0.3, -0.25) is 14.7 Å². The molecule has 1 unspecified atom stereocenters. The number of hydrogen-bond acceptors (Lipinski definition) is 6. The number of nitrogens with one attached hydrogen (secondary N) is 1. The molecule has 1 atom stereocenters. The first-order chi connectivity index (χ1) is 18.7. The van der Waals surface area contributed by atoms with Gasteiger partial charge in [-0.1, -0.05) is 29.4 Å². The van der Waals surface area contributed by atoms with Crippen LogP contribution in [-0.2, 0) is 4.79 Å². The molecule has 1 aliphatic carbocycles. The molecule has 0 aromatic carbocycles. The van der Waals surface area contributed by atoms with Gasteiger partial charge in [-0.05, 0) is 89.2 Å². The largest absolute Gasteiger partial charge is 0.373 e. The Balaban J connectivity index is 1.48. The number of anilines is 1. The van der Waals surface area contributed by atoms with Crippen molar-refractivity contribution in [3.63, 3.8) is 0 Å². The highest BCUT2D eigenvalue weighted by Gasteiger charge is 2.27. The maximum atomic E-state index is 12.3. The Morgan fingerprint density at radius 2 is 1.92 bits per heavy atom. The van der Waals surface area contributed by atoms with Crippen molar-refractivity contribution in [3.8, 4) is 17.2 Å². The number of carbonyl (C=O) groups excluding carboxylic acids is 1. The predicted molar refractivity (Wildman–Crippen MR) is 158 cm³/mol. The maximum Gasteiger partial charge on any atom is 0.249 e. The maximum absolute atomic E-state index is 12.3. The lowest BCUT2D eigenvalue weighted by Crippen LogP contribution is -2.41. The summed E-state index contributed by atoms with van der Waals surface area (Å²) >= 11 is 0. The summed E-state index contributed by atoms with van der Waals surface area (Å²) in [6, 6.07) is 8.39. The average Bonchev–Trinajstić information content (AvgIpc) is 2.97. The van der Waals surface area contributed by atoms with E-state index in [4.69, 9.17) is 0 Å². The van der Waals surface area contributed by atoms with Gasteiger partial charge in [-0.2, -0.15) is 5.26 Å². The summed E-state index contributed by atoms with van der Waals surface area (Å²) in [6.07, 6.45) is 12.4. The number of carbonyl (C=O) groups is 1. The van der Waals surface area contributed by atoms with E-state index in [1.807, 2.05) is 45.3 Å². The van der Waals surface area contributed by atoms with Crippen molar-refractivity contribution in [2.24, 2.45) is 5.92 Å². The van der Waals surface area contributed by atoms with E-state index < -0.39 is 0 Å². The average molecular weight is 525 g/mol. The van der Waals surface area contributed by atoms with Crippen molar-refractivity contribution in [1.29, 1.82) is 5.26 Å². The van der Waals surface area contributed by atoms with E-state index in [0.717, 1.165) is 66.7 Å². The number of rotatable bonds is 7. The van der Waals surface area contributed by atoms with Crippen molar-refractivity contribution in [3.05, 3.63) is 70.2 Å². The van der Waals surface area contributed by atoms with Crippen LogP contribution in [-0.4, -0.2) is 65.9 Å². The van der Waals surface area contributed by atoms with Gasteiger partial charge in [0.15, 0.2) is 5.69 Å². The monoisotopic (exact) mass is 524 g/mol. The lowest BCUT2D eigenvalue weighted by atomic mass is 9.82. The van der Waals surface area contributed by atoms with Crippen LogP contribution in [0, 0.1) is 24.2 Å². The van der Waals surface area contributed by atoms with Crippen LogP contribution >= 0.6 is 0 Å². The Morgan fingerprint density at radius 3 is 2.54 bits per heavy atom. The Hall–Kier alpha value is -3.76. The highest BCUT2D eigenvalue weighted by Crippen LogP contribution is 2.34. The molecule has 0 spiro atoms. The van der Waals surface area contributed by atoms with Crippen LogP contribution in [0.3, 0.4) is 0 Å². The van der Waals surface area contributed by atoms with Crippen LogP contribution in [0.1, 0.15) is 56.5 Å². The molecule has 7 nitrogen and oxygen atoms in total. The van der Waals surface area contributed by atoms with Crippen LogP contribution in [0.4, 0.5) is 5.82 Å². The fourth-order valence-corrected chi connectivity index (χ4v) is 5.65. The molecule has 1 saturated heterocycles. The molecule has 0 bridgehead atoms. The number of nitrogens with zero attached hydrogens (tertiary/aromatic N) is 5. The molecule has 7 heteroatoms. The zero-order chi connectivity index (χ0) is 28.1. The first-order valence-corrected chi connectivity index (χ1v) is 13.8. The van der Waals surface area contributed by atoms with Gasteiger partial charge in [0.1, 0.15) is 11.9 Å². The van der Waals surface area contributed by atoms with Crippen molar-refractivity contribution < 1.29 is 4.79 Å². The molecule has 2 aromatic heterocycles. The number of amides is 1. The third-order valence-electron chi connectivity index (χ3n) is 8.23. The smallest absolute Gasteiger partial charge is 0.249 e. The van der Waals surface area contributed by atoms with Gasteiger partial charge in [0, 0.05) is 55.8 Å². The van der Waals surface area contributed by atoms with E-state index >= 15 is 0 Å². The number of likely N-dealkylation sites (tertiary alicyclic amines) is 1. The topological polar surface area (TPSA) is 85.2 Å². The van der Waals surface area contributed by atoms with Crippen LogP contribution in [0.25, 0.3) is 17.2 Å². The molecule has 1 N–H and O–H groups in total. The van der Waals surface area contributed by atoms with Crippen molar-refractivity contribution in [2.75, 3.05) is 39.5 Å². The molecule has 204 valence electrons. The van der Waals surface area contributed by atoms with E-state index in [9.17, 15) is 10.1 Å². The van der Waals surface area contributed by atoms with Gasteiger partial charge >= 0.3 is 0 Å². The van der Waals surface area contributed by atoms with Crippen molar-refractivity contribution >= 4 is 17.8 Å². The minimum Gasteiger partial charge on any atom is -0.373 e. The van der Waals surface area contributed by atoms with Crippen LogP contribution in [0.5, 0.6) is 0 Å². The van der Waals surface area contributed by atoms with Gasteiger partial charge in [-0.15, -0.1) is 0 Å². The second kappa shape index (κ2) is 12.4. The van der Waals surface area contributed by atoms with E-state index in [1.165, 1.54) is 11.1 Å². The summed E-state index contributed by atoms with van der Waals surface area (Å²) in [5.41, 5.74) is 7.85. The van der Waals surface area contributed by atoms with E-state index in [0.29, 0.717) is 23.5 Å². The molecule has 2 aromatic rings. The molecule has 3 heterocycles. The zero-order valence-corrected chi connectivity index (χ0v) is 24.1. The molecule has 0 saturated carbocycles. The van der Waals surface area contributed by atoms with E-state index in [2.05, 4.69) is 52.3 Å². The second-order valence-electron chi connectivity index (χ2n) is 10.8. The highest BCUT2D eigenvalue weighted by atomic mass is 16.2. The number of nitriles is 1. The van der Waals surface area contributed by atoms with Gasteiger partial charge in [0.25, 0.3) is 0 Å². The number of aryl methyl sites for hydroxylation is 1. The van der Waals surface area contributed by atoms with Crippen LogP contribution < -0.4 is 5.32 Å². The van der Waals surface area contributed by atoms with Gasteiger partial charge in [0.2, 0.25) is 5.91 Å².